The van der Waals surface area contributed by atoms with Crippen LogP contribution in [0.25, 0.3) is 34.4 Å². The van der Waals surface area contributed by atoms with Gasteiger partial charge < -0.3 is 0 Å². The molecule has 0 bridgehead atoms. The minimum atomic E-state index is -3.65. The van der Waals surface area contributed by atoms with Crippen LogP contribution in [0.15, 0.2) is 90.0 Å². The third kappa shape index (κ3) is 5.56. The first-order valence-electron chi connectivity index (χ1n) is 15.2. The Morgan fingerprint density at radius 2 is 1.28 bits per heavy atom. The molecule has 0 saturated carbocycles. The van der Waals surface area contributed by atoms with E-state index in [1.165, 1.54) is 50.1 Å². The second-order valence-corrected chi connectivity index (χ2v) is 44.7. The number of rotatable bonds is 5. The van der Waals surface area contributed by atoms with Gasteiger partial charge in [0, 0.05) is 0 Å². The van der Waals surface area contributed by atoms with E-state index in [0.29, 0.717) is 13.2 Å². The summed E-state index contributed by atoms with van der Waals surface area (Å²) in [6.45, 7) is 16.5. The Labute approximate surface area is 274 Å². The molecule has 0 aromatic heterocycles. The zero-order valence-corrected chi connectivity index (χ0v) is 32.4. The number of hydrogen-bond acceptors (Lipinski definition) is 0. The molecular weight excluding hydrogens is 659 g/mol. The molecule has 0 aliphatic heterocycles. The molecule has 4 aromatic rings. The van der Waals surface area contributed by atoms with Crippen molar-refractivity contribution in [1.29, 1.82) is 0 Å². The Hall–Kier alpha value is -1.96. The maximum atomic E-state index is 2.77. The molecule has 4 aromatic carbocycles. The molecule has 2 unspecified atom stereocenters. The maximum absolute atomic E-state index is 3.65. The zero-order chi connectivity index (χ0) is 29.3. The number of fused-ring (bicyclic) bond motifs is 2. The van der Waals surface area contributed by atoms with E-state index in [1.54, 1.807) is 22.3 Å². The molecule has 224 valence electrons. The predicted octanol–water partition coefficient (Wildman–Crippen LogP) is 11.4. The van der Waals surface area contributed by atoms with Crippen molar-refractivity contribution in [3.63, 3.8) is 0 Å². The number of halogens is 2. The zero-order valence-electron chi connectivity index (χ0n) is 26.9. The summed E-state index contributed by atoms with van der Waals surface area (Å²) in [6, 6.07) is 29.8. The summed E-state index contributed by atoms with van der Waals surface area (Å²) in [5.41, 5.74) is 18.9. The van der Waals surface area contributed by atoms with Crippen molar-refractivity contribution >= 4 is 43.8 Å². The van der Waals surface area contributed by atoms with Gasteiger partial charge in [-0.1, -0.05) is 0 Å². The van der Waals surface area contributed by atoms with Crippen molar-refractivity contribution < 1.29 is 17.4 Å². The van der Waals surface area contributed by atoms with Gasteiger partial charge in [0.25, 0.3) is 0 Å². The molecule has 6 rings (SSSR count). The van der Waals surface area contributed by atoms with E-state index in [9.17, 15) is 0 Å². The van der Waals surface area contributed by atoms with Gasteiger partial charge in [0.05, 0.1) is 0 Å². The summed E-state index contributed by atoms with van der Waals surface area (Å²) < 4.78 is 6.58. The van der Waals surface area contributed by atoms with Crippen LogP contribution >= 0.6 is 24.8 Å². The predicted molar refractivity (Wildman–Crippen MR) is 195 cm³/mol. The van der Waals surface area contributed by atoms with Gasteiger partial charge in [-0.2, -0.15) is 0 Å². The maximum Gasteiger partial charge on any atom is -0.147 e. The molecule has 4 heteroatoms. The summed E-state index contributed by atoms with van der Waals surface area (Å²) in [5, 5.41) is 0. The SMILES string of the molecule is CC1=Cc2c(-c3ccccc3)ccc(C)c2[CH]1[Zr]([CH3])([CH3])(=[SiH2])[CH]1C(C(C)C)=Cc2c(-c3ccc(C)c(C)c3)cccc21.Cl.Cl. The third-order valence-electron chi connectivity index (χ3n) is 10.2. The second-order valence-electron chi connectivity index (χ2n) is 14.2. The Morgan fingerprint density at radius 1 is 0.628 bits per heavy atom. The van der Waals surface area contributed by atoms with E-state index in [4.69, 9.17) is 0 Å². The Kier molecular flexibility index (Phi) is 9.54. The minimum absolute atomic E-state index is 0. The topological polar surface area (TPSA) is 0 Å². The number of hydrogen-bond donors (Lipinski definition) is 0. The molecule has 0 saturated heterocycles. The van der Waals surface area contributed by atoms with Crippen LogP contribution in [0.3, 0.4) is 0 Å². The molecule has 0 N–H and O–H groups in total. The van der Waals surface area contributed by atoms with Crippen molar-refractivity contribution in [3.05, 3.63) is 129 Å². The van der Waals surface area contributed by atoms with Crippen LogP contribution in [0.4, 0.5) is 0 Å². The monoisotopic (exact) mass is 702 g/mol. The standard InChI is InChI=1S/C20H21.C17H15.2CH3.2ClH.H2Si.Zr/c1-13(2)18-11-16-6-5-7-19(20(16)12-18)17-9-8-14(3)15(4)10-17;1-12-10-16-13(2)8-9-15(17(16)11-12)14-6-4-3-5-7-14;;;;;;/h5-13H,1-4H3;3-11H,1-2H3;2*1H3;2*1H;1H2;. The average molecular weight is 705 g/mol. The van der Waals surface area contributed by atoms with Crippen LogP contribution in [0.2, 0.25) is 9.26 Å². The largest absolute Gasteiger partial charge is 0.147 e. The van der Waals surface area contributed by atoms with E-state index in [2.05, 4.69) is 149 Å². The van der Waals surface area contributed by atoms with Gasteiger partial charge >= 0.3 is 252 Å². The van der Waals surface area contributed by atoms with Crippen molar-refractivity contribution in [3.8, 4) is 22.3 Å². The molecule has 0 amide bonds. The molecule has 43 heavy (non-hydrogen) atoms. The normalized spacial score (nSPS) is 17.4. The van der Waals surface area contributed by atoms with Gasteiger partial charge in [0.1, 0.15) is 0 Å². The van der Waals surface area contributed by atoms with E-state index in [-0.39, 0.29) is 24.8 Å². The molecule has 0 radical (unpaired) electrons. The molecular formula is C39H46Cl2SiZr. The van der Waals surface area contributed by atoms with Crippen LogP contribution in [0, 0.1) is 26.7 Å². The summed E-state index contributed by atoms with van der Waals surface area (Å²) >= 11 is -3.65. The van der Waals surface area contributed by atoms with Gasteiger partial charge in [-0.3, -0.25) is 0 Å². The van der Waals surface area contributed by atoms with Gasteiger partial charge in [-0.25, -0.2) is 0 Å². The van der Waals surface area contributed by atoms with Crippen molar-refractivity contribution in [2.24, 2.45) is 5.92 Å². The quantitative estimate of drug-likeness (QED) is 0.181. The average Bonchev–Trinajstić information content (AvgIpc) is 3.51. The molecule has 2 atom stereocenters. The van der Waals surface area contributed by atoms with Crippen LogP contribution in [0.5, 0.6) is 0 Å². The summed E-state index contributed by atoms with van der Waals surface area (Å²) in [6.07, 6.45) is 5.15. The van der Waals surface area contributed by atoms with Crippen LogP contribution in [-0.2, 0) is 17.4 Å². The van der Waals surface area contributed by atoms with Gasteiger partial charge in [-0.15, -0.1) is 24.8 Å². The fourth-order valence-electron chi connectivity index (χ4n) is 8.22. The number of aryl methyl sites for hydroxylation is 3. The molecule has 0 heterocycles. The molecule has 2 aliphatic carbocycles. The fraction of sp³-hybridized carbons (Fsp3) is 0.282. The summed E-state index contributed by atoms with van der Waals surface area (Å²) in [5.74, 6) is 0.513. The van der Waals surface area contributed by atoms with E-state index in [0.717, 1.165) is 0 Å². The third-order valence-corrected chi connectivity index (χ3v) is 27.7. The van der Waals surface area contributed by atoms with Crippen LogP contribution < -0.4 is 0 Å². The van der Waals surface area contributed by atoms with Gasteiger partial charge in [0.15, 0.2) is 0 Å². The van der Waals surface area contributed by atoms with Crippen LogP contribution in [0.1, 0.15) is 67.0 Å². The Bertz CT molecular complexity index is 1840. The Morgan fingerprint density at radius 3 is 1.93 bits per heavy atom. The van der Waals surface area contributed by atoms with Crippen LogP contribution in [-0.4, -0.2) is 6.88 Å². The fourth-order valence-corrected chi connectivity index (χ4v) is 28.9. The Balaban J connectivity index is 0.00000212. The number of benzene rings is 4. The van der Waals surface area contributed by atoms with E-state index >= 15 is 0 Å². The van der Waals surface area contributed by atoms with Gasteiger partial charge in [-0.05, 0) is 0 Å². The smallest absolute Gasteiger partial charge is 0.147 e. The molecule has 0 fully saturated rings. The van der Waals surface area contributed by atoms with Gasteiger partial charge in [0.2, 0.25) is 0 Å². The first kappa shape index (κ1) is 33.9. The van der Waals surface area contributed by atoms with Crippen molar-refractivity contribution in [1.82, 2.24) is 0 Å². The van der Waals surface area contributed by atoms with Crippen molar-refractivity contribution in [2.75, 3.05) is 0 Å². The first-order valence-corrected chi connectivity index (χ1v) is 28.9. The van der Waals surface area contributed by atoms with E-state index < -0.39 is 17.4 Å². The van der Waals surface area contributed by atoms with E-state index in [1.807, 2.05) is 0 Å². The van der Waals surface area contributed by atoms with Crippen molar-refractivity contribution in [2.45, 2.75) is 58.1 Å². The minimum Gasteiger partial charge on any atom is -0.147 e. The first-order chi connectivity index (χ1) is 19.4. The molecule has 0 nitrogen and oxygen atoms in total. The number of allylic oxidation sites excluding steroid dienone is 2. The second kappa shape index (κ2) is 12.1. The molecule has 0 spiro atoms. The summed E-state index contributed by atoms with van der Waals surface area (Å²) in [4.78, 5) is 0. The molecule has 2 aliphatic rings. The summed E-state index contributed by atoms with van der Waals surface area (Å²) in [7, 11) is 0.